The molecule has 0 aromatic carbocycles. The van der Waals surface area contributed by atoms with Gasteiger partial charge in [0.05, 0.1) is 6.61 Å². The van der Waals surface area contributed by atoms with Gasteiger partial charge in [-0.2, -0.15) is 0 Å². The van der Waals surface area contributed by atoms with E-state index in [2.05, 4.69) is 25.8 Å². The summed E-state index contributed by atoms with van der Waals surface area (Å²) in [6, 6.07) is 3.18. The Labute approximate surface area is 161 Å². The van der Waals surface area contributed by atoms with Crippen LogP contribution in [-0.4, -0.2) is 64.6 Å². The predicted molar refractivity (Wildman–Crippen MR) is 103 cm³/mol. The molecule has 1 saturated heterocycles. The second kappa shape index (κ2) is 8.84. The van der Waals surface area contributed by atoms with Gasteiger partial charge in [0.2, 0.25) is 0 Å². The number of hydrazine groups is 1. The van der Waals surface area contributed by atoms with Crippen molar-refractivity contribution in [2.24, 2.45) is 0 Å². The Morgan fingerprint density at radius 3 is 2.57 bits per heavy atom. The van der Waals surface area contributed by atoms with E-state index in [0.29, 0.717) is 55.7 Å². The largest absolute Gasteiger partial charge is 0.450 e. The number of ether oxygens (including phenoxy) is 1. The molecule has 2 aromatic rings. The van der Waals surface area contributed by atoms with Crippen LogP contribution in [0.5, 0.6) is 0 Å². The van der Waals surface area contributed by atoms with E-state index in [1.165, 1.54) is 18.7 Å². The molecule has 2 amide bonds. The first-order valence-corrected chi connectivity index (χ1v) is 8.83. The molecule has 3 heterocycles. The second-order valence-corrected chi connectivity index (χ2v) is 5.95. The maximum Gasteiger partial charge on any atom is 0.409 e. The molecule has 3 rings (SSSR count). The first kappa shape index (κ1) is 19.1. The number of hydrogen-bond acceptors (Lipinski definition) is 9. The number of amides is 2. The van der Waals surface area contributed by atoms with Crippen LogP contribution in [0.15, 0.2) is 30.9 Å². The molecule has 2 aromatic heterocycles. The fourth-order valence-electron chi connectivity index (χ4n) is 2.74. The Bertz CT molecular complexity index is 824. The zero-order valence-electron chi connectivity index (χ0n) is 15.5. The summed E-state index contributed by atoms with van der Waals surface area (Å²) in [5.74, 6) is 0.490. The third-order valence-electron chi connectivity index (χ3n) is 4.21. The normalized spacial score (nSPS) is 13.8. The number of nitrogens with one attached hydrogen (secondary N) is 2. The topological polar surface area (TPSA) is 139 Å². The molecule has 28 heavy (non-hydrogen) atoms. The summed E-state index contributed by atoms with van der Waals surface area (Å²) in [5.41, 5.74) is 12.2. The van der Waals surface area contributed by atoms with E-state index in [1.54, 1.807) is 24.0 Å². The van der Waals surface area contributed by atoms with Crippen molar-refractivity contribution in [1.82, 2.24) is 25.3 Å². The third-order valence-corrected chi connectivity index (χ3v) is 4.21. The summed E-state index contributed by atoms with van der Waals surface area (Å²) < 4.78 is 5.02. The second-order valence-electron chi connectivity index (χ2n) is 5.95. The molecule has 1 aliphatic rings. The van der Waals surface area contributed by atoms with Crippen molar-refractivity contribution in [1.29, 1.82) is 0 Å². The quantitative estimate of drug-likeness (QED) is 0.626. The molecule has 0 atom stereocenters. The molecule has 11 heteroatoms. The first-order chi connectivity index (χ1) is 13.6. The van der Waals surface area contributed by atoms with Crippen LogP contribution in [0.4, 0.5) is 22.1 Å². The number of nitrogen functional groups attached to an aromatic ring is 1. The predicted octanol–water partition coefficient (Wildman–Crippen LogP) is 0.489. The van der Waals surface area contributed by atoms with Crippen molar-refractivity contribution < 1.29 is 14.3 Å². The van der Waals surface area contributed by atoms with Gasteiger partial charge in [-0.05, 0) is 19.1 Å². The lowest BCUT2D eigenvalue weighted by atomic mass is 10.2. The highest BCUT2D eigenvalue weighted by atomic mass is 16.6. The lowest BCUT2D eigenvalue weighted by Gasteiger charge is -2.35. The molecule has 4 N–H and O–H groups in total. The Hall–Kier alpha value is -3.63. The summed E-state index contributed by atoms with van der Waals surface area (Å²) in [6.07, 6.45) is 4.10. The summed E-state index contributed by atoms with van der Waals surface area (Å²) in [5, 5.41) is 0. The van der Waals surface area contributed by atoms with Gasteiger partial charge >= 0.3 is 6.09 Å². The van der Waals surface area contributed by atoms with Gasteiger partial charge in [-0.15, -0.1) is 0 Å². The standard InChI is InChI=1S/C17H22N8O3/c1-2-28-17(27)25-9-7-24(8-10-25)15-13(18)14(20-11-21-15)22-23-16(26)12-3-5-19-6-4-12/h3-6,11H,2,7-10,18H2,1H3,(H,23,26)(H,20,21,22). The van der Waals surface area contributed by atoms with Crippen molar-refractivity contribution in [3.8, 4) is 0 Å². The van der Waals surface area contributed by atoms with E-state index in [9.17, 15) is 9.59 Å². The number of piperazine rings is 1. The van der Waals surface area contributed by atoms with E-state index in [-0.39, 0.29) is 12.0 Å². The summed E-state index contributed by atoms with van der Waals surface area (Å²) in [7, 11) is 0. The van der Waals surface area contributed by atoms with Crippen molar-refractivity contribution in [2.75, 3.05) is 48.8 Å². The van der Waals surface area contributed by atoms with Gasteiger partial charge in [-0.25, -0.2) is 14.8 Å². The number of carbonyl (C=O) groups excluding carboxylic acids is 2. The van der Waals surface area contributed by atoms with E-state index in [1.807, 2.05) is 4.90 Å². The Kier molecular flexibility index (Phi) is 6.04. The maximum atomic E-state index is 12.1. The molecule has 0 spiro atoms. The Morgan fingerprint density at radius 2 is 1.89 bits per heavy atom. The van der Waals surface area contributed by atoms with Gasteiger partial charge < -0.3 is 20.3 Å². The zero-order valence-corrected chi connectivity index (χ0v) is 15.5. The minimum Gasteiger partial charge on any atom is -0.450 e. The fourth-order valence-corrected chi connectivity index (χ4v) is 2.74. The van der Waals surface area contributed by atoms with E-state index >= 15 is 0 Å². The average molecular weight is 386 g/mol. The van der Waals surface area contributed by atoms with Crippen LogP contribution in [0.25, 0.3) is 0 Å². The van der Waals surface area contributed by atoms with Gasteiger partial charge in [0.25, 0.3) is 5.91 Å². The molecule has 0 aliphatic carbocycles. The van der Waals surface area contributed by atoms with Crippen LogP contribution in [-0.2, 0) is 4.74 Å². The molecule has 0 saturated carbocycles. The molecule has 0 unspecified atom stereocenters. The number of anilines is 3. The van der Waals surface area contributed by atoms with E-state index in [0.717, 1.165) is 0 Å². The monoisotopic (exact) mass is 386 g/mol. The zero-order chi connectivity index (χ0) is 19.9. The van der Waals surface area contributed by atoms with E-state index < -0.39 is 0 Å². The van der Waals surface area contributed by atoms with Gasteiger partial charge in [-0.1, -0.05) is 0 Å². The van der Waals surface area contributed by atoms with Crippen molar-refractivity contribution in [2.45, 2.75) is 6.92 Å². The molecule has 0 radical (unpaired) electrons. The molecule has 0 bridgehead atoms. The smallest absolute Gasteiger partial charge is 0.409 e. The highest BCUT2D eigenvalue weighted by Crippen LogP contribution is 2.26. The average Bonchev–Trinajstić information content (AvgIpc) is 2.74. The molecular weight excluding hydrogens is 364 g/mol. The summed E-state index contributed by atoms with van der Waals surface area (Å²) >= 11 is 0. The van der Waals surface area contributed by atoms with Crippen LogP contribution in [0, 0.1) is 0 Å². The first-order valence-electron chi connectivity index (χ1n) is 8.83. The van der Waals surface area contributed by atoms with Crippen LogP contribution in [0.3, 0.4) is 0 Å². The number of rotatable bonds is 5. The lowest BCUT2D eigenvalue weighted by molar-refractivity contribution is 0.0961. The minimum absolute atomic E-state index is 0.292. The molecule has 11 nitrogen and oxygen atoms in total. The van der Waals surface area contributed by atoms with Gasteiger partial charge in [0.15, 0.2) is 11.6 Å². The minimum atomic E-state index is -0.343. The summed E-state index contributed by atoms with van der Waals surface area (Å²) in [4.78, 5) is 39.7. The SMILES string of the molecule is CCOC(=O)N1CCN(c2ncnc(NNC(=O)c3ccncc3)c2N)CC1. The Balaban J connectivity index is 1.62. The van der Waals surface area contributed by atoms with Crippen molar-refractivity contribution in [3.05, 3.63) is 36.4 Å². The number of nitrogens with two attached hydrogens (primary N) is 1. The number of aromatic nitrogens is 3. The molecule has 1 fully saturated rings. The highest BCUT2D eigenvalue weighted by molar-refractivity contribution is 5.95. The van der Waals surface area contributed by atoms with Crippen molar-refractivity contribution in [3.63, 3.8) is 0 Å². The molecule has 1 aliphatic heterocycles. The van der Waals surface area contributed by atoms with Crippen LogP contribution >= 0.6 is 0 Å². The van der Waals surface area contributed by atoms with Crippen molar-refractivity contribution >= 4 is 29.3 Å². The van der Waals surface area contributed by atoms with Gasteiger partial charge in [0, 0.05) is 44.1 Å². The Morgan fingerprint density at radius 1 is 1.18 bits per heavy atom. The fraction of sp³-hybridized carbons (Fsp3) is 0.353. The van der Waals surface area contributed by atoms with Gasteiger partial charge in [0.1, 0.15) is 12.0 Å². The highest BCUT2D eigenvalue weighted by Gasteiger charge is 2.24. The molecular formula is C17H22N8O3. The lowest BCUT2D eigenvalue weighted by Crippen LogP contribution is -2.49. The third kappa shape index (κ3) is 4.37. The maximum absolute atomic E-state index is 12.1. The van der Waals surface area contributed by atoms with Crippen LogP contribution < -0.4 is 21.5 Å². The summed E-state index contributed by atoms with van der Waals surface area (Å²) in [6.45, 7) is 4.25. The van der Waals surface area contributed by atoms with Crippen LogP contribution in [0.1, 0.15) is 17.3 Å². The van der Waals surface area contributed by atoms with Crippen LogP contribution in [0.2, 0.25) is 0 Å². The number of carbonyl (C=O) groups is 2. The number of nitrogens with zero attached hydrogens (tertiary/aromatic N) is 5. The number of hydrogen-bond donors (Lipinski definition) is 3. The molecule has 148 valence electrons. The van der Waals surface area contributed by atoms with E-state index in [4.69, 9.17) is 10.5 Å². The number of pyridine rings is 1. The van der Waals surface area contributed by atoms with Gasteiger partial charge in [-0.3, -0.25) is 20.6 Å².